The number of aromatic nitrogens is 1. The van der Waals surface area contributed by atoms with Crippen molar-refractivity contribution < 1.29 is 18.9 Å². The van der Waals surface area contributed by atoms with Crippen molar-refractivity contribution in [2.75, 3.05) is 6.54 Å². The van der Waals surface area contributed by atoms with Gasteiger partial charge in [0.25, 0.3) is 12.6 Å². The number of nitrogens with one attached hydrogen (secondary N) is 4. The van der Waals surface area contributed by atoms with E-state index in [1.807, 2.05) is 44.2 Å². The lowest BCUT2D eigenvalue weighted by Gasteiger charge is -2.14. The Balaban J connectivity index is 1.70. The largest absolute Gasteiger partial charge is 0.412 e. The predicted molar refractivity (Wildman–Crippen MR) is 122 cm³/mol. The lowest BCUT2D eigenvalue weighted by atomic mass is 10.1. The number of nitrogens with two attached hydrogens (primary N) is 1. The maximum Gasteiger partial charge on any atom is 0.412 e. The number of ether oxygens (including phenoxy) is 1. The fourth-order valence-electron chi connectivity index (χ4n) is 3.10. The van der Waals surface area contributed by atoms with Crippen molar-refractivity contribution in [2.45, 2.75) is 51.9 Å². The van der Waals surface area contributed by atoms with Crippen LogP contribution >= 0.6 is 0 Å². The van der Waals surface area contributed by atoms with Gasteiger partial charge in [0, 0.05) is 30.8 Å². The zero-order valence-electron chi connectivity index (χ0n) is 18.6. The molecule has 0 aliphatic rings. The second-order valence-electron chi connectivity index (χ2n) is 7.75. The number of hydrogen-bond acceptors (Lipinski definition) is 4. The summed E-state index contributed by atoms with van der Waals surface area (Å²) in [7, 11) is 0. The first-order valence-corrected chi connectivity index (χ1v) is 10.7. The third-order valence-corrected chi connectivity index (χ3v) is 4.75. The summed E-state index contributed by atoms with van der Waals surface area (Å²) in [5.41, 5.74) is 6.90. The van der Waals surface area contributed by atoms with Gasteiger partial charge in [0.05, 0.1) is 5.56 Å². The fraction of sp³-hybridized carbons (Fsp3) is 0.391. The van der Waals surface area contributed by atoms with Gasteiger partial charge in [-0.3, -0.25) is 10.2 Å². The molecule has 0 bridgehead atoms. The topological polar surface area (TPSA) is 133 Å². The number of benzene rings is 1. The molecule has 2 amide bonds. The molecule has 0 radical (unpaired) electrons. The molecule has 0 fully saturated rings. The maximum atomic E-state index is 12.4. The van der Waals surface area contributed by atoms with E-state index in [1.165, 1.54) is 0 Å². The van der Waals surface area contributed by atoms with Crippen LogP contribution in [0.5, 0.6) is 0 Å². The van der Waals surface area contributed by atoms with Crippen LogP contribution in [0.3, 0.4) is 0 Å². The van der Waals surface area contributed by atoms with Crippen LogP contribution in [0, 0.1) is 5.41 Å². The smallest absolute Gasteiger partial charge is 0.388 e. The Kier molecular flexibility index (Phi) is 9.96. The van der Waals surface area contributed by atoms with Crippen molar-refractivity contribution in [1.82, 2.24) is 16.0 Å². The second kappa shape index (κ2) is 12.9. The molecular formula is C23H33N6O3+. The summed E-state index contributed by atoms with van der Waals surface area (Å²) in [5, 5.41) is 15.6. The quantitative estimate of drug-likeness (QED) is 0.157. The number of rotatable bonds is 11. The van der Waals surface area contributed by atoms with Crippen LogP contribution < -0.4 is 26.3 Å². The molecule has 0 saturated heterocycles. The highest BCUT2D eigenvalue weighted by atomic mass is 16.6. The Hall–Kier alpha value is -3.62. The van der Waals surface area contributed by atoms with Crippen molar-refractivity contribution in [1.29, 1.82) is 5.41 Å². The SMILES string of the molecule is C[C@H](CCCNC(=N)N)NC(=O)c1cc[n+](COC(=O)N[C@@H](C)Cc2ccccc2)cc1. The van der Waals surface area contributed by atoms with E-state index in [0.717, 1.165) is 24.8 Å². The molecular weight excluding hydrogens is 408 g/mol. The molecule has 2 rings (SSSR count). The summed E-state index contributed by atoms with van der Waals surface area (Å²) >= 11 is 0. The van der Waals surface area contributed by atoms with Gasteiger partial charge in [-0.1, -0.05) is 30.3 Å². The van der Waals surface area contributed by atoms with Gasteiger partial charge in [-0.05, 0) is 38.7 Å². The number of carbonyl (C=O) groups excluding carboxylic acids is 2. The first kappa shape index (κ1) is 24.6. The summed E-state index contributed by atoms with van der Waals surface area (Å²) in [4.78, 5) is 24.4. The number of carbonyl (C=O) groups is 2. The Labute approximate surface area is 188 Å². The average molecular weight is 442 g/mol. The van der Waals surface area contributed by atoms with E-state index in [-0.39, 0.29) is 30.7 Å². The molecule has 2 atom stereocenters. The second-order valence-corrected chi connectivity index (χ2v) is 7.75. The summed E-state index contributed by atoms with van der Waals surface area (Å²) in [6.45, 7) is 4.50. The minimum Gasteiger partial charge on any atom is -0.388 e. The standard InChI is InChI=1S/C23H32N6O3/c1-17(7-6-12-26-22(24)25)27-21(30)20-10-13-29(14-11-20)16-32-23(31)28-18(2)15-19-8-4-3-5-9-19/h3-5,8-11,13-14,17-18H,6-7,12,15-16H2,1-2H3,(H5-,24,25,26,27,28,30,31)/p+1/t17-,18+/m1/s1. The van der Waals surface area contributed by atoms with Crippen molar-refractivity contribution in [3.63, 3.8) is 0 Å². The molecule has 172 valence electrons. The summed E-state index contributed by atoms with van der Waals surface area (Å²) < 4.78 is 6.93. The number of alkyl carbamates (subject to hydrolysis) is 1. The minimum absolute atomic E-state index is 0.00603. The van der Waals surface area contributed by atoms with Crippen molar-refractivity contribution in [2.24, 2.45) is 5.73 Å². The van der Waals surface area contributed by atoms with Gasteiger partial charge in [-0.25, -0.2) is 4.79 Å². The highest BCUT2D eigenvalue weighted by Gasteiger charge is 2.14. The zero-order chi connectivity index (χ0) is 23.3. The number of hydrogen-bond donors (Lipinski definition) is 5. The molecule has 1 aromatic heterocycles. The maximum absolute atomic E-state index is 12.4. The minimum atomic E-state index is -0.490. The molecule has 1 heterocycles. The van der Waals surface area contributed by atoms with Crippen LogP contribution in [0.25, 0.3) is 0 Å². The first-order valence-electron chi connectivity index (χ1n) is 10.7. The third-order valence-electron chi connectivity index (χ3n) is 4.75. The van der Waals surface area contributed by atoms with Crippen LogP contribution in [0.4, 0.5) is 4.79 Å². The molecule has 0 saturated carbocycles. The van der Waals surface area contributed by atoms with E-state index in [1.54, 1.807) is 29.1 Å². The van der Waals surface area contributed by atoms with Gasteiger partial charge >= 0.3 is 6.09 Å². The van der Waals surface area contributed by atoms with E-state index >= 15 is 0 Å². The van der Waals surface area contributed by atoms with E-state index in [0.29, 0.717) is 12.1 Å². The molecule has 6 N–H and O–H groups in total. The summed E-state index contributed by atoms with van der Waals surface area (Å²) in [5.74, 6) is -0.222. The van der Waals surface area contributed by atoms with Crippen LogP contribution in [0.15, 0.2) is 54.9 Å². The number of guanidine groups is 1. The zero-order valence-corrected chi connectivity index (χ0v) is 18.6. The third kappa shape index (κ3) is 9.46. The van der Waals surface area contributed by atoms with Crippen LogP contribution in [-0.2, 0) is 17.9 Å². The van der Waals surface area contributed by atoms with E-state index in [4.69, 9.17) is 15.9 Å². The Morgan fingerprint density at radius 2 is 1.75 bits per heavy atom. The number of pyridine rings is 1. The highest BCUT2D eigenvalue weighted by Crippen LogP contribution is 2.03. The Morgan fingerprint density at radius 1 is 1.06 bits per heavy atom. The van der Waals surface area contributed by atoms with Crippen molar-refractivity contribution in [3.8, 4) is 0 Å². The van der Waals surface area contributed by atoms with E-state index in [2.05, 4.69) is 16.0 Å². The molecule has 0 aliphatic heterocycles. The molecule has 2 aromatic rings. The van der Waals surface area contributed by atoms with E-state index < -0.39 is 6.09 Å². The first-order chi connectivity index (χ1) is 15.3. The Morgan fingerprint density at radius 3 is 2.41 bits per heavy atom. The van der Waals surface area contributed by atoms with Gasteiger partial charge in [-0.2, -0.15) is 4.57 Å². The van der Waals surface area contributed by atoms with Crippen molar-refractivity contribution >= 4 is 18.0 Å². The van der Waals surface area contributed by atoms with Crippen LogP contribution in [0.2, 0.25) is 0 Å². The summed E-state index contributed by atoms with van der Waals surface area (Å²) in [6.07, 6.45) is 5.17. The Bertz CT molecular complexity index is 873. The van der Waals surface area contributed by atoms with Crippen molar-refractivity contribution in [3.05, 3.63) is 66.0 Å². The number of nitrogens with zero attached hydrogens (tertiary/aromatic N) is 1. The summed E-state index contributed by atoms with van der Waals surface area (Å²) in [6, 6.07) is 13.2. The monoisotopic (exact) mass is 441 g/mol. The van der Waals surface area contributed by atoms with Gasteiger partial charge in [0.2, 0.25) is 0 Å². The average Bonchev–Trinajstić information content (AvgIpc) is 2.76. The molecule has 9 nitrogen and oxygen atoms in total. The number of amides is 2. The normalized spacial score (nSPS) is 12.3. The predicted octanol–water partition coefficient (Wildman–Crippen LogP) is 1.67. The molecule has 0 aliphatic carbocycles. The van der Waals surface area contributed by atoms with Gasteiger partial charge in [0.1, 0.15) is 0 Å². The lowest BCUT2D eigenvalue weighted by Crippen LogP contribution is -2.41. The molecule has 9 heteroatoms. The molecule has 0 unspecified atom stereocenters. The molecule has 0 spiro atoms. The van der Waals surface area contributed by atoms with Gasteiger partial charge < -0.3 is 26.4 Å². The van der Waals surface area contributed by atoms with E-state index in [9.17, 15) is 9.59 Å². The molecule has 1 aromatic carbocycles. The van der Waals surface area contributed by atoms with Gasteiger partial charge in [0.15, 0.2) is 18.4 Å². The van der Waals surface area contributed by atoms with Crippen LogP contribution in [-0.4, -0.2) is 36.6 Å². The lowest BCUT2D eigenvalue weighted by molar-refractivity contribution is -0.727. The molecule has 32 heavy (non-hydrogen) atoms. The van der Waals surface area contributed by atoms with Gasteiger partial charge in [-0.15, -0.1) is 0 Å². The fourth-order valence-corrected chi connectivity index (χ4v) is 3.10. The van der Waals surface area contributed by atoms with Crippen LogP contribution in [0.1, 0.15) is 42.6 Å². The highest BCUT2D eigenvalue weighted by molar-refractivity contribution is 5.94.